The van der Waals surface area contributed by atoms with Crippen molar-refractivity contribution < 1.29 is 9.90 Å². The summed E-state index contributed by atoms with van der Waals surface area (Å²) in [5.74, 6) is -0.156. The summed E-state index contributed by atoms with van der Waals surface area (Å²) in [7, 11) is 0. The van der Waals surface area contributed by atoms with Crippen LogP contribution in [0, 0.1) is 0 Å². The number of carbonyl (C=O) groups excluding carboxylic acids is 1. The number of hydrogen-bond acceptors (Lipinski definition) is 5. The molecule has 4 N–H and O–H groups in total. The monoisotopic (exact) mass is 241 g/mol. The van der Waals surface area contributed by atoms with Crippen LogP contribution in [0.25, 0.3) is 0 Å². The average molecular weight is 241 g/mol. The molecule has 1 aromatic rings. The van der Waals surface area contributed by atoms with Gasteiger partial charge in [0.2, 0.25) is 0 Å². The molecule has 0 radical (unpaired) electrons. The molecule has 1 aliphatic rings. The van der Waals surface area contributed by atoms with Crippen LogP contribution in [0.15, 0.2) is 5.38 Å². The highest BCUT2D eigenvalue weighted by molar-refractivity contribution is 7.09. The second kappa shape index (κ2) is 4.90. The van der Waals surface area contributed by atoms with E-state index in [2.05, 4.69) is 10.3 Å². The molecule has 0 unspecified atom stereocenters. The Bertz CT molecular complexity index is 374. The first kappa shape index (κ1) is 11.5. The van der Waals surface area contributed by atoms with Crippen LogP contribution in [-0.2, 0) is 6.42 Å². The van der Waals surface area contributed by atoms with E-state index in [1.807, 2.05) is 0 Å². The fourth-order valence-electron chi connectivity index (χ4n) is 1.62. The third kappa shape index (κ3) is 2.58. The van der Waals surface area contributed by atoms with Crippen LogP contribution in [0.5, 0.6) is 0 Å². The Morgan fingerprint density at radius 2 is 2.44 bits per heavy atom. The molecule has 88 valence electrons. The van der Waals surface area contributed by atoms with Gasteiger partial charge in [0, 0.05) is 17.8 Å². The predicted octanol–water partition coefficient (Wildman–Crippen LogP) is -0.103. The maximum absolute atomic E-state index is 11.7. The van der Waals surface area contributed by atoms with E-state index in [-0.39, 0.29) is 18.1 Å². The summed E-state index contributed by atoms with van der Waals surface area (Å²) in [5, 5.41) is 14.6. The molecule has 1 amide bonds. The fourth-order valence-corrected chi connectivity index (χ4v) is 2.41. The number of rotatable bonds is 4. The molecule has 2 rings (SSSR count). The number of aliphatic hydroxyl groups excluding tert-OH is 1. The first-order valence-electron chi connectivity index (χ1n) is 5.32. The second-order valence-corrected chi connectivity index (χ2v) is 4.90. The number of aliphatic hydroxyl groups is 1. The maximum Gasteiger partial charge on any atom is 0.270 e. The van der Waals surface area contributed by atoms with E-state index in [1.54, 1.807) is 5.38 Å². The van der Waals surface area contributed by atoms with Crippen LogP contribution >= 0.6 is 11.3 Å². The number of amides is 1. The lowest BCUT2D eigenvalue weighted by Gasteiger charge is -2.31. The van der Waals surface area contributed by atoms with Crippen LogP contribution in [-0.4, -0.2) is 34.7 Å². The van der Waals surface area contributed by atoms with Crippen LogP contribution < -0.4 is 11.1 Å². The average Bonchev–Trinajstić information content (AvgIpc) is 2.64. The van der Waals surface area contributed by atoms with Crippen LogP contribution in [0.3, 0.4) is 0 Å². The van der Waals surface area contributed by atoms with E-state index in [0.717, 1.165) is 5.01 Å². The van der Waals surface area contributed by atoms with Crippen molar-refractivity contribution in [1.82, 2.24) is 10.3 Å². The zero-order valence-corrected chi connectivity index (χ0v) is 9.67. The normalized spacial score (nSPS) is 23.9. The Morgan fingerprint density at radius 3 is 3.06 bits per heavy atom. The van der Waals surface area contributed by atoms with Gasteiger partial charge in [-0.1, -0.05) is 0 Å². The molecular weight excluding hydrogens is 226 g/mol. The molecular formula is C10H15N3O2S. The summed E-state index contributed by atoms with van der Waals surface area (Å²) in [4.78, 5) is 15.9. The second-order valence-electron chi connectivity index (χ2n) is 3.96. The largest absolute Gasteiger partial charge is 0.393 e. The van der Waals surface area contributed by atoms with Gasteiger partial charge in [0.15, 0.2) is 0 Å². The van der Waals surface area contributed by atoms with Crippen LogP contribution in [0.1, 0.15) is 28.3 Å². The lowest BCUT2D eigenvalue weighted by Crippen LogP contribution is -2.46. The summed E-state index contributed by atoms with van der Waals surface area (Å²) < 4.78 is 0. The van der Waals surface area contributed by atoms with E-state index in [0.29, 0.717) is 31.5 Å². The third-order valence-corrected chi connectivity index (χ3v) is 3.50. The van der Waals surface area contributed by atoms with Crippen molar-refractivity contribution in [3.05, 3.63) is 16.1 Å². The number of hydrogen-bond donors (Lipinski definition) is 3. The van der Waals surface area contributed by atoms with Gasteiger partial charge in [-0.15, -0.1) is 11.3 Å². The van der Waals surface area contributed by atoms with E-state index >= 15 is 0 Å². The molecule has 0 bridgehead atoms. The molecule has 1 aromatic heterocycles. The molecule has 0 atom stereocenters. The van der Waals surface area contributed by atoms with Crippen molar-refractivity contribution >= 4 is 17.2 Å². The number of nitrogens with two attached hydrogens (primary N) is 1. The van der Waals surface area contributed by atoms with Crippen molar-refractivity contribution in [2.24, 2.45) is 5.73 Å². The van der Waals surface area contributed by atoms with Gasteiger partial charge in [-0.05, 0) is 19.4 Å². The number of thiazole rings is 1. The maximum atomic E-state index is 11.7. The highest BCUT2D eigenvalue weighted by Crippen LogP contribution is 2.20. The quantitative estimate of drug-likeness (QED) is 0.686. The number of nitrogens with zero attached hydrogens (tertiary/aromatic N) is 1. The lowest BCUT2D eigenvalue weighted by atomic mass is 9.89. The molecule has 1 aliphatic carbocycles. The highest BCUT2D eigenvalue weighted by atomic mass is 32.1. The molecule has 1 heterocycles. The predicted molar refractivity (Wildman–Crippen MR) is 61.4 cm³/mol. The van der Waals surface area contributed by atoms with Gasteiger partial charge >= 0.3 is 0 Å². The van der Waals surface area contributed by atoms with Gasteiger partial charge in [-0.25, -0.2) is 4.98 Å². The molecule has 0 aromatic carbocycles. The van der Waals surface area contributed by atoms with Gasteiger partial charge in [0.1, 0.15) is 5.69 Å². The number of nitrogens with one attached hydrogen (secondary N) is 1. The molecule has 0 spiro atoms. The van der Waals surface area contributed by atoms with Gasteiger partial charge in [0.05, 0.1) is 11.1 Å². The Balaban J connectivity index is 1.88. The topological polar surface area (TPSA) is 88.2 Å². The van der Waals surface area contributed by atoms with Gasteiger partial charge in [0.25, 0.3) is 5.91 Å². The fraction of sp³-hybridized carbons (Fsp3) is 0.600. The van der Waals surface area contributed by atoms with Gasteiger partial charge in [-0.2, -0.15) is 0 Å². The molecule has 1 saturated carbocycles. The number of aromatic nitrogens is 1. The first-order chi connectivity index (χ1) is 7.69. The first-order valence-corrected chi connectivity index (χ1v) is 6.20. The zero-order valence-electron chi connectivity index (χ0n) is 8.85. The highest BCUT2D eigenvalue weighted by Gasteiger charge is 2.29. The van der Waals surface area contributed by atoms with E-state index < -0.39 is 0 Å². The smallest absolute Gasteiger partial charge is 0.270 e. The standard InChI is InChI=1S/C10H15N3O2S/c11-2-1-9-13-8(5-16-9)10(15)12-6-3-7(14)4-6/h5-7,14H,1-4,11H2,(H,12,15). The van der Waals surface area contributed by atoms with E-state index in [9.17, 15) is 4.79 Å². The minimum Gasteiger partial charge on any atom is -0.393 e. The van der Waals surface area contributed by atoms with Crippen molar-refractivity contribution in [3.63, 3.8) is 0 Å². The Morgan fingerprint density at radius 1 is 1.69 bits per heavy atom. The third-order valence-electron chi connectivity index (χ3n) is 2.59. The summed E-state index contributed by atoms with van der Waals surface area (Å²) in [6.07, 6.45) is 1.74. The minimum atomic E-state index is -0.256. The molecule has 5 nitrogen and oxygen atoms in total. The molecule has 0 saturated heterocycles. The summed E-state index contributed by atoms with van der Waals surface area (Å²) >= 11 is 1.45. The summed E-state index contributed by atoms with van der Waals surface area (Å²) in [5.41, 5.74) is 5.86. The Kier molecular flexibility index (Phi) is 3.52. The van der Waals surface area contributed by atoms with Crippen LogP contribution in [0.4, 0.5) is 0 Å². The summed E-state index contributed by atoms with van der Waals surface area (Å²) in [6, 6.07) is 0.0992. The molecule has 1 fully saturated rings. The minimum absolute atomic E-state index is 0.0992. The zero-order chi connectivity index (χ0) is 11.5. The Labute approximate surface area is 97.7 Å². The van der Waals surface area contributed by atoms with Gasteiger partial charge < -0.3 is 16.2 Å². The van der Waals surface area contributed by atoms with Crippen molar-refractivity contribution in [2.75, 3.05) is 6.54 Å². The van der Waals surface area contributed by atoms with Crippen LogP contribution in [0.2, 0.25) is 0 Å². The Hall–Kier alpha value is -0.980. The van der Waals surface area contributed by atoms with Crippen molar-refractivity contribution in [2.45, 2.75) is 31.4 Å². The van der Waals surface area contributed by atoms with E-state index in [4.69, 9.17) is 10.8 Å². The SMILES string of the molecule is NCCc1nc(C(=O)NC2CC(O)C2)cs1. The van der Waals surface area contributed by atoms with Crippen molar-refractivity contribution in [1.29, 1.82) is 0 Å². The molecule has 16 heavy (non-hydrogen) atoms. The van der Waals surface area contributed by atoms with E-state index in [1.165, 1.54) is 11.3 Å². The molecule has 6 heteroatoms. The van der Waals surface area contributed by atoms with Gasteiger partial charge in [-0.3, -0.25) is 4.79 Å². The lowest BCUT2D eigenvalue weighted by molar-refractivity contribution is 0.0561. The summed E-state index contributed by atoms with van der Waals surface area (Å²) in [6.45, 7) is 0.545. The molecule has 0 aliphatic heterocycles. The van der Waals surface area contributed by atoms with Crippen molar-refractivity contribution in [3.8, 4) is 0 Å². The number of carbonyl (C=O) groups is 1.